The number of hydrogen-bond donors (Lipinski definition) is 9. The van der Waals surface area contributed by atoms with Crippen molar-refractivity contribution < 1.29 is 54.8 Å². The highest BCUT2D eigenvalue weighted by Gasteiger charge is 2.46. The van der Waals surface area contributed by atoms with Gasteiger partial charge in [-0.1, -0.05) is 39.0 Å². The van der Waals surface area contributed by atoms with E-state index in [1.165, 1.54) is 19.3 Å². The highest BCUT2D eigenvalue weighted by molar-refractivity contribution is 5.81. The molecule has 0 aromatic heterocycles. The predicted octanol–water partition coefficient (Wildman–Crippen LogP) is -2.78. The van der Waals surface area contributed by atoms with Crippen LogP contribution in [-0.2, 0) is 19.1 Å². The van der Waals surface area contributed by atoms with Crippen molar-refractivity contribution in [2.45, 2.75) is 107 Å². The molecule has 0 spiro atoms. The third-order valence-electron chi connectivity index (χ3n) is 5.71. The van der Waals surface area contributed by atoms with Crippen molar-refractivity contribution in [2.75, 3.05) is 19.7 Å². The fourth-order valence-corrected chi connectivity index (χ4v) is 3.52. The molecule has 1 saturated heterocycles. The molecule has 9 N–H and O–H groups in total. The first-order chi connectivity index (χ1) is 16.6. The summed E-state index contributed by atoms with van der Waals surface area (Å²) >= 11 is 0. The van der Waals surface area contributed by atoms with Gasteiger partial charge in [0, 0.05) is 19.5 Å². The van der Waals surface area contributed by atoms with Gasteiger partial charge in [0.2, 0.25) is 5.91 Å². The summed E-state index contributed by atoms with van der Waals surface area (Å²) < 4.78 is 9.91. The van der Waals surface area contributed by atoms with Crippen LogP contribution >= 0.6 is 0 Å². The van der Waals surface area contributed by atoms with Crippen LogP contribution in [0.4, 0.5) is 0 Å². The summed E-state index contributed by atoms with van der Waals surface area (Å²) in [6, 6.07) is 0. The number of aliphatic hydroxyl groups is 7. The molecule has 0 aromatic rings. The number of hydrogen-bond acceptors (Lipinski definition) is 11. The van der Waals surface area contributed by atoms with E-state index in [2.05, 4.69) is 17.6 Å². The summed E-state index contributed by atoms with van der Waals surface area (Å²) in [5.41, 5.74) is 0. The third kappa shape index (κ3) is 11.0. The summed E-state index contributed by atoms with van der Waals surface area (Å²) in [5.74, 6) is -1.07. The van der Waals surface area contributed by atoms with Crippen LogP contribution in [0, 0.1) is 0 Å². The molecule has 8 unspecified atom stereocenters. The summed E-state index contributed by atoms with van der Waals surface area (Å²) in [7, 11) is 0. The fraction of sp³-hybridized carbons (Fsp3) is 0.909. The van der Waals surface area contributed by atoms with Crippen LogP contribution in [0.5, 0.6) is 0 Å². The molecular weight excluding hydrogens is 468 g/mol. The summed E-state index contributed by atoms with van der Waals surface area (Å²) in [6.07, 6.45) is -7.41. The molecule has 8 atom stereocenters. The quantitative estimate of drug-likeness (QED) is 0.0859. The summed E-state index contributed by atoms with van der Waals surface area (Å²) in [5, 5.41) is 73.5. The lowest BCUT2D eigenvalue weighted by Crippen LogP contribution is -2.54. The van der Waals surface area contributed by atoms with E-state index in [4.69, 9.17) is 9.47 Å². The Morgan fingerprint density at radius 2 is 1.54 bits per heavy atom. The number of carbonyl (C=O) groups is 2. The van der Waals surface area contributed by atoms with Crippen LogP contribution in [0.15, 0.2) is 0 Å². The fourth-order valence-electron chi connectivity index (χ4n) is 3.52. The molecule has 1 fully saturated rings. The van der Waals surface area contributed by atoms with Gasteiger partial charge in [0.15, 0.2) is 18.7 Å². The molecule has 1 heterocycles. The molecule has 2 amide bonds. The molecule has 1 aliphatic heterocycles. The molecule has 13 heteroatoms. The van der Waals surface area contributed by atoms with Crippen molar-refractivity contribution in [3.63, 3.8) is 0 Å². The number of ether oxygens (including phenoxy) is 2. The monoisotopic (exact) mass is 510 g/mol. The Balaban J connectivity index is 2.37. The molecular formula is C22H42N2O11. The Morgan fingerprint density at radius 3 is 2.14 bits per heavy atom. The molecule has 0 aromatic carbocycles. The Hall–Kier alpha value is -1.42. The van der Waals surface area contributed by atoms with Crippen molar-refractivity contribution >= 4 is 11.8 Å². The number of amides is 2. The van der Waals surface area contributed by atoms with Crippen molar-refractivity contribution in [1.29, 1.82) is 0 Å². The summed E-state index contributed by atoms with van der Waals surface area (Å²) in [6.45, 7) is 1.60. The molecule has 0 saturated carbocycles. The number of aliphatic hydroxyl groups excluding tert-OH is 7. The normalized spacial score (nSPS) is 25.6. The average molecular weight is 511 g/mol. The number of carbonyl (C=O) groups excluding carboxylic acids is 2. The minimum atomic E-state index is -2.09. The van der Waals surface area contributed by atoms with E-state index in [9.17, 15) is 45.3 Å². The van der Waals surface area contributed by atoms with Crippen LogP contribution in [0.3, 0.4) is 0 Å². The topological polar surface area (TPSA) is 218 Å². The van der Waals surface area contributed by atoms with E-state index in [0.29, 0.717) is 19.4 Å². The lowest BCUT2D eigenvalue weighted by Gasteiger charge is -2.31. The lowest BCUT2D eigenvalue weighted by molar-refractivity contribution is -0.257. The van der Waals surface area contributed by atoms with Crippen LogP contribution in [-0.4, -0.2) is 116 Å². The zero-order valence-corrected chi connectivity index (χ0v) is 20.2. The number of unbranched alkanes of at least 4 members (excludes halogenated alkanes) is 5. The highest BCUT2D eigenvalue weighted by Crippen LogP contribution is 2.24. The highest BCUT2D eigenvalue weighted by atomic mass is 16.8. The van der Waals surface area contributed by atoms with E-state index >= 15 is 0 Å². The predicted molar refractivity (Wildman–Crippen MR) is 122 cm³/mol. The van der Waals surface area contributed by atoms with E-state index in [1.54, 1.807) is 0 Å². The number of rotatable bonds is 18. The van der Waals surface area contributed by atoms with Crippen molar-refractivity contribution in [2.24, 2.45) is 0 Å². The lowest BCUT2D eigenvalue weighted by atomic mass is 10.0. The van der Waals surface area contributed by atoms with Crippen molar-refractivity contribution in [3.8, 4) is 0 Å². The van der Waals surface area contributed by atoms with Crippen molar-refractivity contribution in [1.82, 2.24) is 10.6 Å². The first-order valence-electron chi connectivity index (χ1n) is 12.2. The Bertz CT molecular complexity index is 612. The second-order valence-electron chi connectivity index (χ2n) is 8.67. The summed E-state index contributed by atoms with van der Waals surface area (Å²) in [4.78, 5) is 24.0. The van der Waals surface area contributed by atoms with Gasteiger partial charge in [-0.05, 0) is 12.8 Å². The van der Waals surface area contributed by atoms with Gasteiger partial charge >= 0.3 is 0 Å². The van der Waals surface area contributed by atoms with Gasteiger partial charge in [0.05, 0.1) is 6.61 Å². The average Bonchev–Trinajstić information content (AvgIpc) is 3.09. The van der Waals surface area contributed by atoms with Gasteiger partial charge in [-0.3, -0.25) is 9.59 Å². The second kappa shape index (κ2) is 17.1. The van der Waals surface area contributed by atoms with Gasteiger partial charge in [-0.15, -0.1) is 0 Å². The smallest absolute Gasteiger partial charge is 0.251 e. The molecule has 0 bridgehead atoms. The molecule has 1 rings (SSSR count). The first kappa shape index (κ1) is 31.6. The maximum atomic E-state index is 12.2. The van der Waals surface area contributed by atoms with Gasteiger partial charge in [0.1, 0.15) is 30.5 Å². The van der Waals surface area contributed by atoms with Gasteiger partial charge in [0.25, 0.3) is 5.91 Å². The molecule has 0 aliphatic carbocycles. The zero-order valence-electron chi connectivity index (χ0n) is 20.2. The van der Waals surface area contributed by atoms with Crippen LogP contribution in [0.25, 0.3) is 0 Å². The van der Waals surface area contributed by atoms with E-state index in [1.807, 2.05) is 0 Å². The van der Waals surface area contributed by atoms with E-state index in [0.717, 1.165) is 19.3 Å². The van der Waals surface area contributed by atoms with E-state index < -0.39 is 61.7 Å². The third-order valence-corrected chi connectivity index (χ3v) is 5.71. The Labute approximate surface area is 205 Å². The van der Waals surface area contributed by atoms with Gasteiger partial charge < -0.3 is 55.9 Å². The maximum absolute atomic E-state index is 12.2. The number of nitrogens with one attached hydrogen (secondary N) is 2. The molecule has 35 heavy (non-hydrogen) atoms. The van der Waals surface area contributed by atoms with Gasteiger partial charge in [-0.25, -0.2) is 0 Å². The van der Waals surface area contributed by atoms with Gasteiger partial charge in [-0.2, -0.15) is 0 Å². The standard InChI is InChI=1S/C22H42N2O11/c1-2-3-4-5-6-7-9-14(27)23-10-8-11-24-20(32)16(29)15(28)19(13(26)12-25)34-22-18(31)17(30)21(33)35-22/h13,15-19,21-22,25-26,28-31,33H,2-12H2,1H3,(H,23,27)(H,24,32). The molecule has 206 valence electrons. The van der Waals surface area contributed by atoms with Crippen LogP contribution in [0.2, 0.25) is 0 Å². The zero-order chi connectivity index (χ0) is 26.4. The SMILES string of the molecule is CCCCCCCCC(=O)NCCCNC(=O)C(O)C(O)C(OC1OC(O)C(O)C1O)C(O)CO. The first-order valence-corrected chi connectivity index (χ1v) is 12.2. The minimum Gasteiger partial charge on any atom is -0.394 e. The Kier molecular flexibility index (Phi) is 15.5. The minimum absolute atomic E-state index is 0.0770. The molecule has 13 nitrogen and oxygen atoms in total. The largest absolute Gasteiger partial charge is 0.394 e. The van der Waals surface area contributed by atoms with Crippen molar-refractivity contribution in [3.05, 3.63) is 0 Å². The Morgan fingerprint density at radius 1 is 0.914 bits per heavy atom. The molecule has 0 radical (unpaired) electrons. The van der Waals surface area contributed by atoms with E-state index in [-0.39, 0.29) is 12.5 Å². The van der Waals surface area contributed by atoms with Crippen LogP contribution < -0.4 is 10.6 Å². The molecule has 1 aliphatic rings. The van der Waals surface area contributed by atoms with Crippen LogP contribution in [0.1, 0.15) is 58.3 Å². The second-order valence-corrected chi connectivity index (χ2v) is 8.67. The maximum Gasteiger partial charge on any atom is 0.251 e.